The molecule has 0 spiro atoms. The van der Waals surface area contributed by atoms with Gasteiger partial charge in [0.15, 0.2) is 0 Å². The highest BCUT2D eigenvalue weighted by Crippen LogP contribution is 2.36. The third-order valence-corrected chi connectivity index (χ3v) is 10.9. The first-order chi connectivity index (χ1) is 29.2. The minimum Gasteiger partial charge on any atom is -0.453 e. The third-order valence-electron chi connectivity index (χ3n) is 10.9. The lowest BCUT2D eigenvalue weighted by Gasteiger charge is -2.28. The number of benzene rings is 4. The zero-order valence-electron chi connectivity index (χ0n) is 32.9. The van der Waals surface area contributed by atoms with E-state index in [4.69, 9.17) is 19.4 Å². The number of carbonyl (C=O) groups excluding carboxylic acids is 5. The van der Waals surface area contributed by atoms with Gasteiger partial charge in [-0.05, 0) is 73.2 Å². The molecule has 308 valence electrons. The van der Waals surface area contributed by atoms with E-state index in [0.29, 0.717) is 76.6 Å². The highest BCUT2D eigenvalue weighted by molar-refractivity contribution is 6.01. The summed E-state index contributed by atoms with van der Waals surface area (Å²) in [6.45, 7) is 0.991. The van der Waals surface area contributed by atoms with E-state index in [-0.39, 0.29) is 23.9 Å². The van der Waals surface area contributed by atoms with Crippen LogP contribution in [-0.2, 0) is 19.1 Å². The molecular formula is C43H44N10O7. The molecule has 0 saturated carbocycles. The molecule has 2 aliphatic heterocycles. The summed E-state index contributed by atoms with van der Waals surface area (Å²) in [4.78, 5) is 85.3. The van der Waals surface area contributed by atoms with Crippen molar-refractivity contribution >= 4 is 63.5 Å². The van der Waals surface area contributed by atoms with Crippen molar-refractivity contribution < 1.29 is 33.4 Å². The number of carbonyl (C=O) groups is 5. The molecular weight excluding hydrogens is 769 g/mol. The molecule has 8 rings (SSSR count). The van der Waals surface area contributed by atoms with Crippen molar-refractivity contribution in [1.29, 1.82) is 0 Å². The van der Waals surface area contributed by atoms with E-state index in [1.54, 1.807) is 64.4 Å². The zero-order chi connectivity index (χ0) is 41.8. The number of imidazole rings is 2. The number of ether oxygens (including phenoxy) is 2. The molecule has 6 N–H and O–H groups in total. The number of rotatable bonds is 10. The van der Waals surface area contributed by atoms with E-state index in [2.05, 4.69) is 31.2 Å². The summed E-state index contributed by atoms with van der Waals surface area (Å²) < 4.78 is 9.62. The molecule has 2 fully saturated rings. The summed E-state index contributed by atoms with van der Waals surface area (Å²) in [6.07, 6.45) is 1.47. The van der Waals surface area contributed by atoms with E-state index in [1.165, 1.54) is 14.2 Å². The molecule has 0 radical (unpaired) electrons. The van der Waals surface area contributed by atoms with Crippen molar-refractivity contribution in [2.45, 2.75) is 49.9 Å². The Hall–Kier alpha value is -7.43. The quantitative estimate of drug-likeness (QED) is 0.0877. The van der Waals surface area contributed by atoms with Crippen molar-refractivity contribution in [2.75, 3.05) is 37.9 Å². The Kier molecular flexibility index (Phi) is 11.3. The fourth-order valence-electron chi connectivity index (χ4n) is 8.00. The SMILES string of the molecule is COC(=O)N[C@@H](C(=O)N1CCC[C@H]1c1nc2cc(NC(=O)Nc3ccc4nc([C@@H]5CCCN5C(=O)[C@H](NC(=O)OC)c5ccccc5)[nH]c4c3)ccc2[nH]1)c1ccccc1. The predicted octanol–water partition coefficient (Wildman–Crippen LogP) is 6.60. The second-order valence-electron chi connectivity index (χ2n) is 14.6. The minimum atomic E-state index is -0.932. The highest BCUT2D eigenvalue weighted by Gasteiger charge is 2.38. The molecule has 4 heterocycles. The van der Waals surface area contributed by atoms with Crippen LogP contribution in [0.5, 0.6) is 0 Å². The van der Waals surface area contributed by atoms with Crippen molar-refractivity contribution in [3.8, 4) is 0 Å². The molecule has 0 unspecified atom stereocenters. The number of hydrogen-bond acceptors (Lipinski definition) is 9. The molecule has 0 bridgehead atoms. The van der Waals surface area contributed by atoms with Gasteiger partial charge in [0.1, 0.15) is 23.7 Å². The Morgan fingerprint density at radius 1 is 0.617 bits per heavy atom. The van der Waals surface area contributed by atoms with Gasteiger partial charge in [0, 0.05) is 24.5 Å². The number of likely N-dealkylation sites (tertiary alicyclic amines) is 2. The van der Waals surface area contributed by atoms with Crippen LogP contribution in [0.2, 0.25) is 0 Å². The summed E-state index contributed by atoms with van der Waals surface area (Å²) in [5.41, 5.74) is 4.99. The normalized spacial score (nSPS) is 17.2. The Morgan fingerprint density at radius 3 is 1.63 bits per heavy atom. The fourth-order valence-corrected chi connectivity index (χ4v) is 8.00. The number of methoxy groups -OCH3 is 2. The number of amides is 6. The number of nitrogens with zero attached hydrogens (tertiary/aromatic N) is 4. The molecule has 2 aromatic heterocycles. The van der Waals surface area contributed by atoms with Gasteiger partial charge in [0.25, 0.3) is 11.8 Å². The average molecular weight is 813 g/mol. The summed E-state index contributed by atoms with van der Waals surface area (Å²) in [6, 6.07) is 25.7. The average Bonchev–Trinajstić information content (AvgIpc) is 4.10. The maximum absolute atomic E-state index is 13.9. The van der Waals surface area contributed by atoms with Gasteiger partial charge >= 0.3 is 18.2 Å². The highest BCUT2D eigenvalue weighted by atomic mass is 16.5. The predicted molar refractivity (Wildman–Crippen MR) is 222 cm³/mol. The number of hydrogen-bond donors (Lipinski definition) is 6. The number of nitrogens with one attached hydrogen (secondary N) is 6. The topological polar surface area (TPSA) is 216 Å². The van der Waals surface area contributed by atoms with Crippen molar-refractivity contribution in [3.05, 3.63) is 120 Å². The Morgan fingerprint density at radius 2 is 1.10 bits per heavy atom. The molecule has 17 nitrogen and oxygen atoms in total. The van der Waals surface area contributed by atoms with Crippen molar-refractivity contribution in [1.82, 2.24) is 40.4 Å². The largest absolute Gasteiger partial charge is 0.453 e. The summed E-state index contributed by atoms with van der Waals surface area (Å²) in [5.74, 6) is 0.674. The van der Waals surface area contributed by atoms with E-state index in [9.17, 15) is 24.0 Å². The second-order valence-corrected chi connectivity index (χ2v) is 14.6. The molecule has 6 amide bonds. The number of alkyl carbamates (subject to hydrolysis) is 2. The molecule has 60 heavy (non-hydrogen) atoms. The number of aromatic nitrogens is 4. The smallest absolute Gasteiger partial charge is 0.407 e. The van der Waals surface area contributed by atoms with Crippen LogP contribution in [0.4, 0.5) is 25.8 Å². The number of fused-ring (bicyclic) bond motifs is 2. The molecule has 0 aliphatic carbocycles. The minimum absolute atomic E-state index is 0.268. The van der Waals surface area contributed by atoms with Crippen LogP contribution < -0.4 is 21.3 Å². The van der Waals surface area contributed by atoms with Crippen LogP contribution in [0.15, 0.2) is 97.1 Å². The van der Waals surface area contributed by atoms with E-state index in [1.807, 2.05) is 42.5 Å². The first-order valence-corrected chi connectivity index (χ1v) is 19.7. The Bertz CT molecular complexity index is 2370. The second kappa shape index (κ2) is 17.2. The van der Waals surface area contributed by atoms with Gasteiger partial charge in [0.2, 0.25) is 0 Å². The zero-order valence-corrected chi connectivity index (χ0v) is 32.9. The summed E-state index contributed by atoms with van der Waals surface area (Å²) >= 11 is 0. The van der Waals surface area contributed by atoms with Crippen LogP contribution >= 0.6 is 0 Å². The summed E-state index contributed by atoms with van der Waals surface area (Å²) in [7, 11) is 2.51. The monoisotopic (exact) mass is 812 g/mol. The lowest BCUT2D eigenvalue weighted by Crippen LogP contribution is -2.42. The van der Waals surface area contributed by atoms with E-state index < -0.39 is 30.3 Å². The van der Waals surface area contributed by atoms with Gasteiger partial charge in [-0.2, -0.15) is 0 Å². The van der Waals surface area contributed by atoms with Crippen LogP contribution in [0.1, 0.15) is 72.6 Å². The van der Waals surface area contributed by atoms with Gasteiger partial charge in [-0.15, -0.1) is 0 Å². The van der Waals surface area contributed by atoms with E-state index in [0.717, 1.165) is 18.4 Å². The number of urea groups is 1. The molecule has 4 aromatic carbocycles. The lowest BCUT2D eigenvalue weighted by molar-refractivity contribution is -0.135. The van der Waals surface area contributed by atoms with Crippen molar-refractivity contribution in [3.63, 3.8) is 0 Å². The van der Waals surface area contributed by atoms with Gasteiger partial charge < -0.3 is 50.5 Å². The number of aromatic amines is 2. The van der Waals surface area contributed by atoms with Gasteiger partial charge in [-0.1, -0.05) is 60.7 Å². The third kappa shape index (κ3) is 8.27. The maximum atomic E-state index is 13.9. The number of H-pyrrole nitrogens is 2. The van der Waals surface area contributed by atoms with Crippen LogP contribution in [0.3, 0.4) is 0 Å². The Labute approximate surface area is 344 Å². The standard InChI is InChI=1S/C43H44N10O7/c1-59-42(57)50-35(25-11-5-3-6-12-25)39(54)52-21-9-15-33(52)37-46-29-19-17-27(23-31(29)48-37)44-41(56)45-28-18-20-30-32(24-28)49-38(47-30)34-16-10-22-53(34)40(55)36(51-43(58)60-2)26-13-7-4-8-14-26/h3-8,11-14,17-20,23-24,33-36H,9-10,15-16,21-22H2,1-2H3,(H,46,48)(H,47,49)(H,50,57)(H,51,58)(H2,44,45,56)/t33-,34-,35+,36+/m0/s1. The van der Waals surface area contributed by atoms with Crippen LogP contribution in [0, 0.1) is 0 Å². The molecule has 6 aromatic rings. The van der Waals surface area contributed by atoms with E-state index >= 15 is 0 Å². The van der Waals surface area contributed by atoms with Gasteiger partial charge in [-0.25, -0.2) is 24.4 Å². The molecule has 4 atom stereocenters. The molecule has 2 aliphatic rings. The Balaban J connectivity index is 0.934. The first kappa shape index (κ1) is 39.4. The fraction of sp³-hybridized carbons (Fsp3) is 0.279. The van der Waals surface area contributed by atoms with Crippen LogP contribution in [-0.4, -0.2) is 87.1 Å². The molecule has 2 saturated heterocycles. The molecule has 17 heteroatoms. The number of anilines is 2. The maximum Gasteiger partial charge on any atom is 0.407 e. The first-order valence-electron chi connectivity index (χ1n) is 19.7. The van der Waals surface area contributed by atoms with Gasteiger partial charge in [0.05, 0.1) is 48.4 Å². The summed E-state index contributed by atoms with van der Waals surface area (Å²) in [5, 5.41) is 11.1. The van der Waals surface area contributed by atoms with Crippen LogP contribution in [0.25, 0.3) is 22.1 Å². The lowest BCUT2D eigenvalue weighted by atomic mass is 10.1. The van der Waals surface area contributed by atoms with Crippen molar-refractivity contribution in [2.24, 2.45) is 0 Å². The van der Waals surface area contributed by atoms with Gasteiger partial charge in [-0.3, -0.25) is 9.59 Å².